The first-order valence-electron chi connectivity index (χ1n) is 11.0. The molecule has 3 nitrogen and oxygen atoms in total. The Hall–Kier alpha value is -0.570. The lowest BCUT2D eigenvalue weighted by atomic mass is 10.0. The molecule has 25 heavy (non-hydrogen) atoms. The topological polar surface area (TPSA) is 46.5 Å². The third-order valence-corrected chi connectivity index (χ3v) is 5.05. The summed E-state index contributed by atoms with van der Waals surface area (Å²) in [5, 5.41) is 9.47. The average Bonchev–Trinajstić information content (AvgIpc) is 2.63. The lowest BCUT2D eigenvalue weighted by Crippen LogP contribution is -2.21. The molecular weight excluding hydrogens is 312 g/mol. The van der Waals surface area contributed by atoms with Gasteiger partial charge in [0.1, 0.15) is 0 Å². The van der Waals surface area contributed by atoms with Gasteiger partial charge in [-0.3, -0.25) is 0 Å². The molecular formula is C22H44O3. The summed E-state index contributed by atoms with van der Waals surface area (Å²) in [6.45, 7) is 2.28. The fraction of sp³-hybridized carbons (Fsp3) is 0.955. The zero-order valence-corrected chi connectivity index (χ0v) is 17.1. The Kier molecular flexibility index (Phi) is 19.3. The van der Waals surface area contributed by atoms with Crippen LogP contribution in [0.1, 0.15) is 122 Å². The van der Waals surface area contributed by atoms with Crippen molar-refractivity contribution in [3.8, 4) is 0 Å². The summed E-state index contributed by atoms with van der Waals surface area (Å²) in [4.78, 5) is 11.0. The Labute approximate surface area is 156 Å². The molecule has 0 saturated heterocycles. The molecule has 0 amide bonds. The van der Waals surface area contributed by atoms with Gasteiger partial charge < -0.3 is 9.84 Å². The van der Waals surface area contributed by atoms with Gasteiger partial charge in [0.25, 0.3) is 0 Å². The highest BCUT2D eigenvalue weighted by Gasteiger charge is 2.13. The van der Waals surface area contributed by atoms with Crippen LogP contribution in [0, 0.1) is 0 Å². The minimum atomic E-state index is -0.929. The van der Waals surface area contributed by atoms with Crippen molar-refractivity contribution in [1.82, 2.24) is 0 Å². The number of hydrogen-bond donors (Lipinski definition) is 1. The predicted octanol–water partition coefficient (Wildman–Crippen LogP) is 6.56. The third kappa shape index (κ3) is 18.0. The number of rotatable bonds is 19. The van der Waals surface area contributed by atoms with Crippen LogP contribution in [0.15, 0.2) is 0 Å². The monoisotopic (exact) mass is 356 g/mol. The molecule has 1 atom stereocenters. The number of carbonyl (C=O) groups is 1. The summed E-state index contributed by atoms with van der Waals surface area (Å²) in [6.07, 6.45) is 22.4. The molecule has 0 radical (unpaired) electrons. The number of aliphatic hydroxyl groups is 1. The molecule has 0 heterocycles. The number of carbonyl (C=O) groups excluding carboxylic acids is 1. The lowest BCUT2D eigenvalue weighted by molar-refractivity contribution is -0.150. The van der Waals surface area contributed by atoms with Gasteiger partial charge >= 0.3 is 5.97 Å². The van der Waals surface area contributed by atoms with E-state index in [2.05, 4.69) is 11.7 Å². The van der Waals surface area contributed by atoms with Crippen molar-refractivity contribution >= 4 is 5.97 Å². The van der Waals surface area contributed by atoms with Gasteiger partial charge in [-0.25, -0.2) is 4.79 Å². The van der Waals surface area contributed by atoms with Crippen LogP contribution in [0.5, 0.6) is 0 Å². The zero-order chi connectivity index (χ0) is 18.6. The van der Waals surface area contributed by atoms with E-state index in [0.29, 0.717) is 6.42 Å². The van der Waals surface area contributed by atoms with E-state index in [0.717, 1.165) is 12.8 Å². The number of methoxy groups -OCH3 is 1. The number of unbranched alkanes of at least 4 members (excludes halogenated alkanes) is 16. The van der Waals surface area contributed by atoms with E-state index in [1.54, 1.807) is 0 Å². The summed E-state index contributed by atoms with van der Waals surface area (Å²) in [5.74, 6) is -0.503. The van der Waals surface area contributed by atoms with E-state index in [-0.39, 0.29) is 0 Å². The van der Waals surface area contributed by atoms with Crippen LogP contribution < -0.4 is 0 Å². The molecule has 1 N–H and O–H groups in total. The number of hydrogen-bond acceptors (Lipinski definition) is 3. The maximum Gasteiger partial charge on any atom is 0.334 e. The maximum atomic E-state index is 11.0. The van der Waals surface area contributed by atoms with Crippen LogP contribution in [-0.2, 0) is 9.53 Å². The molecule has 0 aliphatic carbocycles. The van der Waals surface area contributed by atoms with E-state index < -0.39 is 12.1 Å². The van der Waals surface area contributed by atoms with Gasteiger partial charge in [-0.1, -0.05) is 116 Å². The second kappa shape index (κ2) is 19.8. The fourth-order valence-corrected chi connectivity index (χ4v) is 3.32. The molecule has 3 heteroatoms. The Morgan fingerprint density at radius 2 is 1.00 bits per heavy atom. The van der Waals surface area contributed by atoms with E-state index >= 15 is 0 Å². The third-order valence-electron chi connectivity index (χ3n) is 5.05. The summed E-state index contributed by atoms with van der Waals surface area (Å²) in [5.41, 5.74) is 0. The van der Waals surface area contributed by atoms with Gasteiger partial charge in [0, 0.05) is 0 Å². The van der Waals surface area contributed by atoms with Crippen molar-refractivity contribution in [3.05, 3.63) is 0 Å². The van der Waals surface area contributed by atoms with Gasteiger partial charge in [-0.05, 0) is 6.42 Å². The first kappa shape index (κ1) is 24.4. The molecule has 0 spiro atoms. The quantitative estimate of drug-likeness (QED) is 0.210. The second-order valence-electron chi connectivity index (χ2n) is 7.48. The first-order valence-corrected chi connectivity index (χ1v) is 11.0. The van der Waals surface area contributed by atoms with Crippen LogP contribution in [0.25, 0.3) is 0 Å². The minimum absolute atomic E-state index is 0.503. The Morgan fingerprint density at radius 1 is 0.680 bits per heavy atom. The van der Waals surface area contributed by atoms with Crippen molar-refractivity contribution in [1.29, 1.82) is 0 Å². The van der Waals surface area contributed by atoms with Crippen molar-refractivity contribution in [2.75, 3.05) is 7.11 Å². The average molecular weight is 357 g/mol. The predicted molar refractivity (Wildman–Crippen MR) is 107 cm³/mol. The molecule has 0 aromatic rings. The fourth-order valence-electron chi connectivity index (χ4n) is 3.32. The van der Waals surface area contributed by atoms with E-state index in [1.807, 2.05) is 0 Å². The van der Waals surface area contributed by atoms with Gasteiger partial charge in [-0.2, -0.15) is 0 Å². The van der Waals surface area contributed by atoms with E-state index in [4.69, 9.17) is 0 Å². The largest absolute Gasteiger partial charge is 0.467 e. The van der Waals surface area contributed by atoms with E-state index in [1.165, 1.54) is 103 Å². The van der Waals surface area contributed by atoms with Crippen molar-refractivity contribution in [3.63, 3.8) is 0 Å². The van der Waals surface area contributed by atoms with Crippen LogP contribution in [-0.4, -0.2) is 24.3 Å². The van der Waals surface area contributed by atoms with Crippen molar-refractivity contribution in [2.45, 2.75) is 129 Å². The second-order valence-corrected chi connectivity index (χ2v) is 7.48. The van der Waals surface area contributed by atoms with E-state index in [9.17, 15) is 9.90 Å². The molecule has 0 rings (SSSR count). The van der Waals surface area contributed by atoms with Gasteiger partial charge in [0.2, 0.25) is 0 Å². The first-order chi connectivity index (χ1) is 12.2. The van der Waals surface area contributed by atoms with Crippen LogP contribution in [0.4, 0.5) is 0 Å². The van der Waals surface area contributed by atoms with Crippen LogP contribution in [0.2, 0.25) is 0 Å². The van der Waals surface area contributed by atoms with Crippen molar-refractivity contribution in [2.24, 2.45) is 0 Å². The Balaban J connectivity index is 3.08. The normalized spacial score (nSPS) is 12.3. The number of esters is 1. The molecule has 0 bridgehead atoms. The highest BCUT2D eigenvalue weighted by molar-refractivity contribution is 5.74. The standard InChI is InChI=1S/C22H44O3/c1-3-4-5-6-7-8-9-10-11-12-13-14-15-16-17-18-19-20-21(23)22(24)25-2/h21,23H,3-20H2,1-2H3/t21-/m0/s1. The van der Waals surface area contributed by atoms with Crippen molar-refractivity contribution < 1.29 is 14.6 Å². The molecule has 0 saturated carbocycles. The smallest absolute Gasteiger partial charge is 0.334 e. The summed E-state index contributed by atoms with van der Waals surface area (Å²) >= 11 is 0. The minimum Gasteiger partial charge on any atom is -0.467 e. The SMILES string of the molecule is CCCCCCCCCCCCCCCCCCC[C@H](O)C(=O)OC. The van der Waals surface area contributed by atoms with Gasteiger partial charge in [0.05, 0.1) is 7.11 Å². The van der Waals surface area contributed by atoms with Crippen LogP contribution in [0.3, 0.4) is 0 Å². The lowest BCUT2D eigenvalue weighted by Gasteiger charge is -2.07. The molecule has 0 aliphatic heterocycles. The van der Waals surface area contributed by atoms with Gasteiger partial charge in [0.15, 0.2) is 6.10 Å². The summed E-state index contributed by atoms with van der Waals surface area (Å²) in [7, 11) is 1.32. The molecule has 0 unspecified atom stereocenters. The highest BCUT2D eigenvalue weighted by Crippen LogP contribution is 2.14. The molecule has 0 fully saturated rings. The van der Waals surface area contributed by atoms with Crippen LogP contribution >= 0.6 is 0 Å². The summed E-state index contributed by atoms with van der Waals surface area (Å²) < 4.78 is 4.51. The molecule has 0 aromatic carbocycles. The molecule has 0 aromatic heterocycles. The highest BCUT2D eigenvalue weighted by atomic mass is 16.5. The summed E-state index contributed by atoms with van der Waals surface area (Å²) in [6, 6.07) is 0. The number of aliphatic hydroxyl groups excluding tert-OH is 1. The Morgan fingerprint density at radius 3 is 1.32 bits per heavy atom. The maximum absolute atomic E-state index is 11.0. The zero-order valence-electron chi connectivity index (χ0n) is 17.1. The number of ether oxygens (including phenoxy) is 1. The Bertz CT molecular complexity index is 278. The molecule has 0 aliphatic rings. The molecule has 150 valence electrons. The van der Waals surface area contributed by atoms with Gasteiger partial charge in [-0.15, -0.1) is 0 Å².